The molecule has 2 nitrogen and oxygen atoms in total. The molecule has 3 heteroatoms. The molecule has 0 spiro atoms. The van der Waals surface area contributed by atoms with Gasteiger partial charge in [0.15, 0.2) is 0 Å². The fourth-order valence-corrected chi connectivity index (χ4v) is 1.95. The number of hydrogen-bond acceptors (Lipinski definition) is 2. The van der Waals surface area contributed by atoms with Crippen molar-refractivity contribution in [3.8, 4) is 11.8 Å². The van der Waals surface area contributed by atoms with Crippen LogP contribution in [-0.2, 0) is 12.0 Å². The second-order valence-corrected chi connectivity index (χ2v) is 5.98. The molecule has 108 valence electrons. The SMILES string of the molecule is CC(C)(C)c1cccc(OCc2ccc(C#N)cc2F)c1. The minimum atomic E-state index is -0.416. The number of rotatable bonds is 3. The second-order valence-electron chi connectivity index (χ2n) is 5.98. The van der Waals surface area contributed by atoms with Crippen molar-refractivity contribution in [2.45, 2.75) is 32.8 Å². The third-order valence-corrected chi connectivity index (χ3v) is 3.28. The Labute approximate surface area is 124 Å². The molecule has 0 saturated heterocycles. The van der Waals surface area contributed by atoms with Gasteiger partial charge in [0.05, 0.1) is 11.6 Å². The van der Waals surface area contributed by atoms with E-state index in [-0.39, 0.29) is 12.0 Å². The summed E-state index contributed by atoms with van der Waals surface area (Å²) in [7, 11) is 0. The molecule has 0 amide bonds. The highest BCUT2D eigenvalue weighted by Gasteiger charge is 2.14. The molecule has 2 rings (SSSR count). The van der Waals surface area contributed by atoms with E-state index in [9.17, 15) is 4.39 Å². The van der Waals surface area contributed by atoms with Gasteiger partial charge in [-0.1, -0.05) is 39.0 Å². The van der Waals surface area contributed by atoms with Gasteiger partial charge in [-0.25, -0.2) is 4.39 Å². The van der Waals surface area contributed by atoms with Crippen molar-refractivity contribution in [2.24, 2.45) is 0 Å². The van der Waals surface area contributed by atoms with Crippen molar-refractivity contribution in [1.82, 2.24) is 0 Å². The van der Waals surface area contributed by atoms with E-state index >= 15 is 0 Å². The summed E-state index contributed by atoms with van der Waals surface area (Å²) in [5.74, 6) is 0.298. The van der Waals surface area contributed by atoms with Crippen molar-refractivity contribution in [3.05, 3.63) is 65.0 Å². The number of nitrogens with zero attached hydrogens (tertiary/aromatic N) is 1. The van der Waals surface area contributed by atoms with Gasteiger partial charge in [0, 0.05) is 5.56 Å². The summed E-state index contributed by atoms with van der Waals surface area (Å²) >= 11 is 0. The van der Waals surface area contributed by atoms with Gasteiger partial charge < -0.3 is 4.74 Å². The third-order valence-electron chi connectivity index (χ3n) is 3.28. The molecule has 0 radical (unpaired) electrons. The Morgan fingerprint density at radius 1 is 1.14 bits per heavy atom. The first-order chi connectivity index (χ1) is 9.90. The lowest BCUT2D eigenvalue weighted by Crippen LogP contribution is -2.11. The molecule has 0 aliphatic carbocycles. The molecule has 0 fully saturated rings. The highest BCUT2D eigenvalue weighted by molar-refractivity contribution is 5.34. The second kappa shape index (κ2) is 5.97. The molecule has 0 heterocycles. The Hall–Kier alpha value is -2.34. The van der Waals surface area contributed by atoms with Gasteiger partial charge in [0.1, 0.15) is 18.2 Å². The van der Waals surface area contributed by atoms with Crippen molar-refractivity contribution < 1.29 is 9.13 Å². The lowest BCUT2D eigenvalue weighted by molar-refractivity contribution is 0.299. The Morgan fingerprint density at radius 2 is 1.90 bits per heavy atom. The maximum atomic E-state index is 13.8. The van der Waals surface area contributed by atoms with Crippen LogP contribution < -0.4 is 4.74 Å². The summed E-state index contributed by atoms with van der Waals surface area (Å²) in [5.41, 5.74) is 1.96. The van der Waals surface area contributed by atoms with Gasteiger partial charge in [-0.3, -0.25) is 0 Å². The maximum Gasteiger partial charge on any atom is 0.131 e. The Balaban J connectivity index is 2.12. The first-order valence-corrected chi connectivity index (χ1v) is 6.82. The van der Waals surface area contributed by atoms with E-state index in [0.717, 1.165) is 0 Å². The molecular weight excluding hydrogens is 265 g/mol. The average Bonchev–Trinajstić information content (AvgIpc) is 2.45. The van der Waals surface area contributed by atoms with Gasteiger partial charge in [-0.2, -0.15) is 5.26 Å². The predicted octanol–water partition coefficient (Wildman–Crippen LogP) is 4.57. The zero-order valence-electron chi connectivity index (χ0n) is 12.5. The van der Waals surface area contributed by atoms with E-state index in [1.165, 1.54) is 11.6 Å². The minimum Gasteiger partial charge on any atom is -0.489 e. The van der Waals surface area contributed by atoms with Gasteiger partial charge in [-0.05, 0) is 35.2 Å². The highest BCUT2D eigenvalue weighted by Crippen LogP contribution is 2.26. The number of nitriles is 1. The highest BCUT2D eigenvalue weighted by atomic mass is 19.1. The monoisotopic (exact) mass is 283 g/mol. The summed E-state index contributed by atoms with van der Waals surface area (Å²) in [5, 5.41) is 8.72. The van der Waals surface area contributed by atoms with E-state index < -0.39 is 5.82 Å². The molecule has 0 unspecified atom stereocenters. The van der Waals surface area contributed by atoms with Crippen molar-refractivity contribution in [1.29, 1.82) is 5.26 Å². The van der Waals surface area contributed by atoms with Crippen LogP contribution in [0.1, 0.15) is 37.5 Å². The average molecular weight is 283 g/mol. The molecule has 0 saturated carbocycles. The molecule has 0 aliphatic rings. The standard InChI is InChI=1S/C18H18FNO/c1-18(2,3)15-5-4-6-16(10-15)21-12-14-8-7-13(11-20)9-17(14)19/h4-10H,12H2,1-3H3. The Bertz CT molecular complexity index is 680. The predicted molar refractivity (Wildman–Crippen MR) is 80.6 cm³/mol. The first-order valence-electron chi connectivity index (χ1n) is 6.82. The summed E-state index contributed by atoms with van der Waals surface area (Å²) in [6.45, 7) is 6.54. The summed E-state index contributed by atoms with van der Waals surface area (Å²) in [4.78, 5) is 0. The summed E-state index contributed by atoms with van der Waals surface area (Å²) in [6, 6.07) is 14.1. The smallest absolute Gasteiger partial charge is 0.131 e. The van der Waals surface area contributed by atoms with Crippen LogP contribution in [0.15, 0.2) is 42.5 Å². The zero-order valence-corrected chi connectivity index (χ0v) is 12.5. The van der Waals surface area contributed by atoms with E-state index in [0.29, 0.717) is 16.9 Å². The normalized spacial score (nSPS) is 11.0. The Morgan fingerprint density at radius 3 is 2.52 bits per heavy atom. The first kappa shape index (κ1) is 15.1. The van der Waals surface area contributed by atoms with E-state index in [2.05, 4.69) is 26.8 Å². The van der Waals surface area contributed by atoms with Gasteiger partial charge in [0.2, 0.25) is 0 Å². The van der Waals surface area contributed by atoms with Crippen LogP contribution in [-0.4, -0.2) is 0 Å². The van der Waals surface area contributed by atoms with Crippen LogP contribution in [0.4, 0.5) is 4.39 Å². The summed E-state index contributed by atoms with van der Waals surface area (Å²) in [6.07, 6.45) is 0. The van der Waals surface area contributed by atoms with Gasteiger partial charge in [0.25, 0.3) is 0 Å². The quantitative estimate of drug-likeness (QED) is 0.826. The van der Waals surface area contributed by atoms with Crippen LogP contribution in [0.25, 0.3) is 0 Å². The molecule has 0 aliphatic heterocycles. The van der Waals surface area contributed by atoms with E-state index in [1.807, 2.05) is 24.3 Å². The van der Waals surface area contributed by atoms with Crippen molar-refractivity contribution in [3.63, 3.8) is 0 Å². The molecule has 0 atom stereocenters. The lowest BCUT2D eigenvalue weighted by Gasteiger charge is -2.19. The van der Waals surface area contributed by atoms with Gasteiger partial charge in [-0.15, -0.1) is 0 Å². The molecule has 0 N–H and O–H groups in total. The number of halogens is 1. The van der Waals surface area contributed by atoms with Crippen LogP contribution in [0, 0.1) is 17.1 Å². The third kappa shape index (κ3) is 3.82. The number of hydrogen-bond donors (Lipinski definition) is 0. The number of benzene rings is 2. The van der Waals surface area contributed by atoms with Crippen LogP contribution in [0.3, 0.4) is 0 Å². The molecule has 0 aromatic heterocycles. The molecule has 2 aromatic rings. The topological polar surface area (TPSA) is 33.0 Å². The zero-order chi connectivity index (χ0) is 15.5. The maximum absolute atomic E-state index is 13.8. The fourth-order valence-electron chi connectivity index (χ4n) is 1.95. The molecule has 2 aromatic carbocycles. The molecular formula is C18H18FNO. The van der Waals surface area contributed by atoms with E-state index in [1.54, 1.807) is 12.1 Å². The molecule has 21 heavy (non-hydrogen) atoms. The minimum absolute atomic E-state index is 0.0407. The Kier molecular flexibility index (Phi) is 4.28. The largest absolute Gasteiger partial charge is 0.489 e. The summed E-state index contributed by atoms with van der Waals surface area (Å²) < 4.78 is 19.4. The van der Waals surface area contributed by atoms with Crippen LogP contribution in [0.2, 0.25) is 0 Å². The molecule has 0 bridgehead atoms. The number of ether oxygens (including phenoxy) is 1. The van der Waals surface area contributed by atoms with Crippen LogP contribution in [0.5, 0.6) is 5.75 Å². The van der Waals surface area contributed by atoms with Crippen LogP contribution >= 0.6 is 0 Å². The van der Waals surface area contributed by atoms with Gasteiger partial charge >= 0.3 is 0 Å². The van der Waals surface area contributed by atoms with Crippen molar-refractivity contribution in [2.75, 3.05) is 0 Å². The van der Waals surface area contributed by atoms with E-state index in [4.69, 9.17) is 10.00 Å². The van der Waals surface area contributed by atoms with Crippen molar-refractivity contribution >= 4 is 0 Å². The lowest BCUT2D eigenvalue weighted by atomic mass is 9.87. The fraction of sp³-hybridized carbons (Fsp3) is 0.278.